The highest BCUT2D eigenvalue weighted by atomic mass is 79.9. The number of halogens is 1. The summed E-state index contributed by atoms with van der Waals surface area (Å²) >= 11 is 3.58. The van der Waals surface area contributed by atoms with Crippen molar-refractivity contribution in [2.75, 3.05) is 18.5 Å². The zero-order valence-electron chi connectivity index (χ0n) is 24.4. The minimum absolute atomic E-state index is 0.0393. The number of aryl methyl sites for hydroxylation is 1. The summed E-state index contributed by atoms with van der Waals surface area (Å²) in [5, 5.41) is 12.5. The minimum Gasteiger partial charge on any atom is -0.490 e. The Kier molecular flexibility index (Phi) is 11.2. The molecule has 220 valence electrons. The van der Waals surface area contributed by atoms with Gasteiger partial charge in [0.05, 0.1) is 17.7 Å². The number of carbonyl (C=O) groups excluding carboxylic acids is 1. The molecule has 0 aliphatic heterocycles. The Hall–Kier alpha value is -4.74. The Labute approximate surface area is 260 Å². The number of ether oxygens (including phenoxy) is 4. The van der Waals surface area contributed by atoms with Crippen LogP contribution in [0.2, 0.25) is 0 Å². The van der Waals surface area contributed by atoms with E-state index >= 15 is 0 Å². The summed E-state index contributed by atoms with van der Waals surface area (Å²) in [5.41, 5.74) is 4.14. The molecule has 0 aliphatic carbocycles. The minimum atomic E-state index is -0.496. The molecule has 0 radical (unpaired) electrons. The standard InChI is InChI=1S/C35H33BrN2O5/c1-4-40-32-19-26(14-15-31(32)42-22-25-11-7-6-8-12-25)23-43-34-30(36)18-27(20-33(34)41-5-2)17-28(21-37)35(39)38-29-13-9-10-24(3)16-29/h6-20H,4-5,22-23H2,1-3H3,(H,38,39)/b28-17+. The average Bonchev–Trinajstić information content (AvgIpc) is 3.00. The van der Waals surface area contributed by atoms with Crippen molar-refractivity contribution in [2.24, 2.45) is 0 Å². The summed E-state index contributed by atoms with van der Waals surface area (Å²) in [7, 11) is 0. The van der Waals surface area contributed by atoms with Gasteiger partial charge in [0.1, 0.15) is 24.9 Å². The highest BCUT2D eigenvalue weighted by Crippen LogP contribution is 2.39. The number of nitrogens with zero attached hydrogens (tertiary/aromatic N) is 1. The first-order chi connectivity index (χ1) is 20.9. The highest BCUT2D eigenvalue weighted by Gasteiger charge is 2.16. The van der Waals surface area contributed by atoms with Crippen LogP contribution in [0.4, 0.5) is 5.69 Å². The van der Waals surface area contributed by atoms with Gasteiger partial charge in [0, 0.05) is 5.69 Å². The van der Waals surface area contributed by atoms with Crippen LogP contribution in [0.25, 0.3) is 6.08 Å². The summed E-state index contributed by atoms with van der Waals surface area (Å²) in [6.07, 6.45) is 1.52. The zero-order chi connectivity index (χ0) is 30.6. The van der Waals surface area contributed by atoms with Crippen LogP contribution in [0.15, 0.2) is 95.0 Å². The molecule has 0 aromatic heterocycles. The van der Waals surface area contributed by atoms with Gasteiger partial charge in [0.2, 0.25) is 0 Å². The van der Waals surface area contributed by atoms with E-state index in [4.69, 9.17) is 18.9 Å². The van der Waals surface area contributed by atoms with Crippen LogP contribution in [-0.2, 0) is 18.0 Å². The maximum atomic E-state index is 12.8. The molecular weight excluding hydrogens is 608 g/mol. The molecule has 7 nitrogen and oxygen atoms in total. The molecule has 0 bridgehead atoms. The third kappa shape index (κ3) is 8.87. The molecule has 1 amide bonds. The molecule has 0 saturated heterocycles. The second-order valence-corrected chi connectivity index (χ2v) is 10.4. The fourth-order valence-corrected chi connectivity index (χ4v) is 4.81. The summed E-state index contributed by atoms with van der Waals surface area (Å²) in [6, 6.07) is 28.6. The number of nitriles is 1. The van der Waals surface area contributed by atoms with Crippen LogP contribution >= 0.6 is 15.9 Å². The Balaban J connectivity index is 1.50. The summed E-state index contributed by atoms with van der Waals surface area (Å²) in [6.45, 7) is 7.31. The molecule has 0 fully saturated rings. The van der Waals surface area contributed by atoms with Crippen molar-refractivity contribution in [1.82, 2.24) is 0 Å². The highest BCUT2D eigenvalue weighted by molar-refractivity contribution is 9.10. The fourth-order valence-electron chi connectivity index (χ4n) is 4.23. The molecule has 43 heavy (non-hydrogen) atoms. The van der Waals surface area contributed by atoms with E-state index in [2.05, 4.69) is 21.2 Å². The normalized spacial score (nSPS) is 10.9. The lowest BCUT2D eigenvalue weighted by molar-refractivity contribution is -0.112. The van der Waals surface area contributed by atoms with Crippen molar-refractivity contribution in [3.05, 3.63) is 117 Å². The lowest BCUT2D eigenvalue weighted by atomic mass is 10.1. The second kappa shape index (κ2) is 15.5. The van der Waals surface area contributed by atoms with Crippen molar-refractivity contribution in [1.29, 1.82) is 5.26 Å². The molecule has 8 heteroatoms. The van der Waals surface area contributed by atoms with Gasteiger partial charge in [0.15, 0.2) is 23.0 Å². The largest absolute Gasteiger partial charge is 0.490 e. The molecule has 4 aromatic rings. The van der Waals surface area contributed by atoms with Gasteiger partial charge in [-0.3, -0.25) is 4.79 Å². The van der Waals surface area contributed by atoms with Gasteiger partial charge in [-0.15, -0.1) is 0 Å². The molecule has 0 unspecified atom stereocenters. The molecule has 1 N–H and O–H groups in total. The van der Waals surface area contributed by atoms with Gasteiger partial charge in [0.25, 0.3) is 5.91 Å². The molecule has 0 atom stereocenters. The van der Waals surface area contributed by atoms with E-state index in [0.717, 1.165) is 16.7 Å². The lowest BCUT2D eigenvalue weighted by Crippen LogP contribution is -2.13. The maximum Gasteiger partial charge on any atom is 0.266 e. The lowest BCUT2D eigenvalue weighted by Gasteiger charge is -2.16. The number of hydrogen-bond acceptors (Lipinski definition) is 6. The first-order valence-corrected chi connectivity index (χ1v) is 14.7. The summed E-state index contributed by atoms with van der Waals surface area (Å²) in [4.78, 5) is 12.8. The Morgan fingerprint density at radius 2 is 1.56 bits per heavy atom. The van der Waals surface area contributed by atoms with Crippen LogP contribution < -0.4 is 24.3 Å². The van der Waals surface area contributed by atoms with Crippen LogP contribution in [0.3, 0.4) is 0 Å². The van der Waals surface area contributed by atoms with Crippen molar-refractivity contribution >= 4 is 33.6 Å². The molecule has 4 rings (SSSR count). The van der Waals surface area contributed by atoms with Gasteiger partial charge < -0.3 is 24.3 Å². The van der Waals surface area contributed by atoms with Gasteiger partial charge in [-0.2, -0.15) is 5.26 Å². The van der Waals surface area contributed by atoms with Crippen LogP contribution in [0, 0.1) is 18.3 Å². The van der Waals surface area contributed by atoms with Crippen LogP contribution in [0.1, 0.15) is 36.1 Å². The zero-order valence-corrected chi connectivity index (χ0v) is 25.9. The third-order valence-electron chi connectivity index (χ3n) is 6.21. The van der Waals surface area contributed by atoms with E-state index in [0.29, 0.717) is 58.5 Å². The van der Waals surface area contributed by atoms with Crippen molar-refractivity contribution < 1.29 is 23.7 Å². The smallest absolute Gasteiger partial charge is 0.266 e. The summed E-state index contributed by atoms with van der Waals surface area (Å²) in [5.74, 6) is 1.78. The quantitative estimate of drug-likeness (QED) is 0.117. The molecule has 4 aromatic carbocycles. The number of anilines is 1. The first-order valence-electron chi connectivity index (χ1n) is 13.9. The van der Waals surface area contributed by atoms with Crippen LogP contribution in [0.5, 0.6) is 23.0 Å². The number of amides is 1. The topological polar surface area (TPSA) is 89.8 Å². The second-order valence-electron chi connectivity index (χ2n) is 9.53. The van der Waals surface area contributed by atoms with Crippen LogP contribution in [-0.4, -0.2) is 19.1 Å². The number of hydrogen-bond donors (Lipinski definition) is 1. The van der Waals surface area contributed by atoms with E-state index in [9.17, 15) is 10.1 Å². The molecule has 0 saturated carbocycles. The van der Waals surface area contributed by atoms with Crippen molar-refractivity contribution in [2.45, 2.75) is 34.0 Å². The number of carbonyl (C=O) groups is 1. The first kappa shape index (κ1) is 31.2. The van der Waals surface area contributed by atoms with E-state index in [1.807, 2.05) is 93.6 Å². The molecular formula is C35H33BrN2O5. The Bertz CT molecular complexity index is 1630. The summed E-state index contributed by atoms with van der Waals surface area (Å²) < 4.78 is 24.6. The van der Waals surface area contributed by atoms with Crippen molar-refractivity contribution in [3.8, 4) is 29.1 Å². The predicted octanol–water partition coefficient (Wildman–Crippen LogP) is 8.26. The average molecular weight is 642 g/mol. The molecule has 0 aliphatic rings. The number of benzene rings is 4. The van der Waals surface area contributed by atoms with E-state index < -0.39 is 5.91 Å². The van der Waals surface area contributed by atoms with E-state index in [1.165, 1.54) is 6.08 Å². The monoisotopic (exact) mass is 640 g/mol. The fraction of sp³-hybridized carbons (Fsp3) is 0.200. The van der Waals surface area contributed by atoms with Crippen molar-refractivity contribution in [3.63, 3.8) is 0 Å². The predicted molar refractivity (Wildman–Crippen MR) is 171 cm³/mol. The Morgan fingerprint density at radius 1 is 0.814 bits per heavy atom. The molecule has 0 spiro atoms. The maximum absolute atomic E-state index is 12.8. The van der Waals surface area contributed by atoms with Gasteiger partial charge >= 0.3 is 0 Å². The van der Waals surface area contributed by atoms with E-state index in [-0.39, 0.29) is 12.2 Å². The van der Waals surface area contributed by atoms with Gasteiger partial charge in [-0.1, -0.05) is 48.5 Å². The third-order valence-corrected chi connectivity index (χ3v) is 6.80. The molecule has 0 heterocycles. The Morgan fingerprint density at radius 3 is 2.28 bits per heavy atom. The number of rotatable bonds is 13. The SMILES string of the molecule is CCOc1cc(COc2c(Br)cc(/C=C(\C#N)C(=O)Nc3cccc(C)c3)cc2OCC)ccc1OCc1ccccc1. The number of nitrogens with one attached hydrogen (secondary N) is 1. The van der Waals surface area contributed by atoms with Gasteiger partial charge in [-0.05, 0) is 101 Å². The van der Waals surface area contributed by atoms with E-state index in [1.54, 1.807) is 18.2 Å². The van der Waals surface area contributed by atoms with Gasteiger partial charge in [-0.25, -0.2) is 0 Å².